The van der Waals surface area contributed by atoms with Gasteiger partial charge in [-0.3, -0.25) is 10.1 Å². The highest BCUT2D eigenvalue weighted by Gasteiger charge is 2.18. The molecule has 80 valence electrons. The van der Waals surface area contributed by atoms with Gasteiger partial charge in [-0.1, -0.05) is 6.58 Å². The van der Waals surface area contributed by atoms with E-state index in [0.29, 0.717) is 11.1 Å². The van der Waals surface area contributed by atoms with E-state index in [1.165, 1.54) is 12.3 Å². The summed E-state index contributed by atoms with van der Waals surface area (Å²) < 4.78 is 5.63. The minimum Gasteiger partial charge on any atom is -0.492 e. The Balaban J connectivity index is 3.17. The maximum atomic E-state index is 10.7. The Morgan fingerprint density at radius 2 is 2.47 bits per heavy atom. The van der Waals surface area contributed by atoms with Gasteiger partial charge in [-0.05, 0) is 22.9 Å². The van der Waals surface area contributed by atoms with Crippen molar-refractivity contribution in [3.8, 4) is 0 Å². The molecule has 15 heavy (non-hydrogen) atoms. The van der Waals surface area contributed by atoms with Crippen molar-refractivity contribution in [1.82, 2.24) is 4.98 Å². The zero-order valence-electron chi connectivity index (χ0n) is 8.07. The van der Waals surface area contributed by atoms with Crippen LogP contribution in [-0.4, -0.2) is 16.5 Å². The number of hydrogen-bond donors (Lipinski definition) is 0. The summed E-state index contributed by atoms with van der Waals surface area (Å²) in [4.78, 5) is 14.1. The smallest absolute Gasteiger partial charge is 0.299 e. The van der Waals surface area contributed by atoms with Crippen molar-refractivity contribution in [2.45, 2.75) is 6.92 Å². The first kappa shape index (κ1) is 11.6. The standard InChI is InChI=1S/C9H9BrN2O3/c1-3-15-6(2)9-8(12(13)14)4-7(10)5-11-9/h4-5H,2-3H2,1H3. The zero-order chi connectivity index (χ0) is 11.4. The fourth-order valence-corrected chi connectivity index (χ4v) is 1.34. The molecule has 0 aliphatic rings. The van der Waals surface area contributed by atoms with E-state index in [0.717, 1.165) is 0 Å². The van der Waals surface area contributed by atoms with Gasteiger partial charge in [0.1, 0.15) is 5.76 Å². The van der Waals surface area contributed by atoms with Crippen LogP contribution in [0.3, 0.4) is 0 Å². The lowest BCUT2D eigenvalue weighted by molar-refractivity contribution is -0.385. The number of ether oxygens (including phenoxy) is 1. The normalized spacial score (nSPS) is 9.73. The Bertz CT molecular complexity index is 406. The van der Waals surface area contributed by atoms with Gasteiger partial charge in [0.05, 0.1) is 11.5 Å². The maximum Gasteiger partial charge on any atom is 0.299 e. The number of rotatable bonds is 4. The largest absolute Gasteiger partial charge is 0.492 e. The van der Waals surface area contributed by atoms with Gasteiger partial charge in [-0.2, -0.15) is 0 Å². The number of nitrogens with zero attached hydrogens (tertiary/aromatic N) is 2. The van der Waals surface area contributed by atoms with Crippen molar-refractivity contribution < 1.29 is 9.66 Å². The summed E-state index contributed by atoms with van der Waals surface area (Å²) in [5.74, 6) is 0.205. The van der Waals surface area contributed by atoms with Crippen LogP contribution >= 0.6 is 15.9 Å². The molecule has 1 heterocycles. The molecule has 5 nitrogen and oxygen atoms in total. The van der Waals surface area contributed by atoms with E-state index in [1.807, 2.05) is 0 Å². The fraction of sp³-hybridized carbons (Fsp3) is 0.222. The second kappa shape index (κ2) is 4.88. The van der Waals surface area contributed by atoms with Crippen LogP contribution in [0, 0.1) is 10.1 Å². The first-order valence-corrected chi connectivity index (χ1v) is 4.97. The third-order valence-electron chi connectivity index (χ3n) is 1.61. The van der Waals surface area contributed by atoms with E-state index in [-0.39, 0.29) is 17.1 Å². The molecule has 0 atom stereocenters. The van der Waals surface area contributed by atoms with Crippen LogP contribution in [0.2, 0.25) is 0 Å². The maximum absolute atomic E-state index is 10.7. The van der Waals surface area contributed by atoms with Gasteiger partial charge in [0, 0.05) is 16.7 Å². The monoisotopic (exact) mass is 272 g/mol. The average Bonchev–Trinajstić information content (AvgIpc) is 2.17. The van der Waals surface area contributed by atoms with Crippen molar-refractivity contribution in [3.63, 3.8) is 0 Å². The summed E-state index contributed by atoms with van der Waals surface area (Å²) in [6, 6.07) is 1.37. The molecule has 1 aromatic heterocycles. The third-order valence-corrected chi connectivity index (χ3v) is 2.05. The molecule has 0 N–H and O–H groups in total. The number of pyridine rings is 1. The highest BCUT2D eigenvalue weighted by molar-refractivity contribution is 9.10. The molecule has 0 aromatic carbocycles. The van der Waals surface area contributed by atoms with E-state index < -0.39 is 4.92 Å². The molecule has 0 radical (unpaired) electrons. The molecule has 0 aliphatic carbocycles. The summed E-state index contributed by atoms with van der Waals surface area (Å²) in [6.07, 6.45) is 1.46. The number of aromatic nitrogens is 1. The van der Waals surface area contributed by atoms with E-state index >= 15 is 0 Å². The Morgan fingerprint density at radius 3 is 3.00 bits per heavy atom. The lowest BCUT2D eigenvalue weighted by Gasteiger charge is -2.06. The summed E-state index contributed by atoms with van der Waals surface area (Å²) in [7, 11) is 0. The van der Waals surface area contributed by atoms with Crippen molar-refractivity contribution in [2.75, 3.05) is 6.61 Å². The molecule has 0 saturated heterocycles. The van der Waals surface area contributed by atoms with Crippen molar-refractivity contribution in [3.05, 3.63) is 39.1 Å². The number of hydrogen-bond acceptors (Lipinski definition) is 4. The molecule has 6 heteroatoms. The van der Waals surface area contributed by atoms with Gasteiger partial charge >= 0.3 is 0 Å². The Kier molecular flexibility index (Phi) is 3.79. The van der Waals surface area contributed by atoms with Gasteiger partial charge in [-0.15, -0.1) is 0 Å². The van der Waals surface area contributed by atoms with Crippen LogP contribution in [0.25, 0.3) is 5.76 Å². The van der Waals surface area contributed by atoms with Crippen LogP contribution in [0.1, 0.15) is 12.6 Å². The molecule has 0 saturated carbocycles. The van der Waals surface area contributed by atoms with E-state index in [9.17, 15) is 10.1 Å². The van der Waals surface area contributed by atoms with Crippen molar-refractivity contribution in [1.29, 1.82) is 0 Å². The van der Waals surface area contributed by atoms with Crippen molar-refractivity contribution in [2.24, 2.45) is 0 Å². The molecular weight excluding hydrogens is 264 g/mol. The number of halogens is 1. The molecular formula is C9H9BrN2O3. The highest BCUT2D eigenvalue weighted by atomic mass is 79.9. The van der Waals surface area contributed by atoms with Gasteiger partial charge in [0.15, 0.2) is 5.69 Å². The molecule has 0 bridgehead atoms. The molecule has 1 aromatic rings. The average molecular weight is 273 g/mol. The Hall–Kier alpha value is -1.43. The van der Waals surface area contributed by atoms with Crippen LogP contribution in [0.4, 0.5) is 5.69 Å². The third kappa shape index (κ3) is 2.76. The topological polar surface area (TPSA) is 65.3 Å². The summed E-state index contributed by atoms with van der Waals surface area (Å²) in [6.45, 7) is 5.75. The minimum absolute atomic E-state index is 0.122. The first-order valence-electron chi connectivity index (χ1n) is 4.18. The summed E-state index contributed by atoms with van der Waals surface area (Å²) in [5, 5.41) is 10.7. The molecule has 0 unspecified atom stereocenters. The number of nitro groups is 1. The lowest BCUT2D eigenvalue weighted by atomic mass is 10.3. The second-order valence-corrected chi connectivity index (χ2v) is 3.55. The van der Waals surface area contributed by atoms with Gasteiger partial charge in [0.25, 0.3) is 5.69 Å². The predicted molar refractivity (Wildman–Crippen MR) is 59.3 cm³/mol. The van der Waals surface area contributed by atoms with Crippen LogP contribution < -0.4 is 0 Å². The molecule has 0 spiro atoms. The van der Waals surface area contributed by atoms with Crippen molar-refractivity contribution >= 4 is 27.4 Å². The molecule has 0 fully saturated rings. The van der Waals surface area contributed by atoms with Crippen LogP contribution in [0.15, 0.2) is 23.3 Å². The quantitative estimate of drug-likeness (QED) is 0.480. The van der Waals surface area contributed by atoms with Gasteiger partial charge in [0.2, 0.25) is 0 Å². The van der Waals surface area contributed by atoms with E-state index in [4.69, 9.17) is 4.74 Å². The summed E-state index contributed by atoms with van der Waals surface area (Å²) >= 11 is 3.12. The lowest BCUT2D eigenvalue weighted by Crippen LogP contribution is -2.00. The summed E-state index contributed by atoms with van der Waals surface area (Å²) in [5.41, 5.74) is 0.0351. The SMILES string of the molecule is C=C(OCC)c1ncc(Br)cc1[N+](=O)[O-]. The van der Waals surface area contributed by atoms with Gasteiger partial charge in [-0.25, -0.2) is 4.98 Å². The van der Waals surface area contributed by atoms with E-state index in [1.54, 1.807) is 6.92 Å². The first-order chi connectivity index (χ1) is 7.06. The highest BCUT2D eigenvalue weighted by Crippen LogP contribution is 2.26. The molecule has 1 rings (SSSR count). The van der Waals surface area contributed by atoms with Crippen LogP contribution in [-0.2, 0) is 4.74 Å². The Labute approximate surface area is 95.1 Å². The predicted octanol–water partition coefficient (Wildman–Crippen LogP) is 2.76. The molecule has 0 aliphatic heterocycles. The van der Waals surface area contributed by atoms with E-state index in [2.05, 4.69) is 27.5 Å². The minimum atomic E-state index is -0.517. The second-order valence-electron chi connectivity index (χ2n) is 2.63. The Morgan fingerprint density at radius 1 is 1.80 bits per heavy atom. The zero-order valence-corrected chi connectivity index (χ0v) is 9.65. The van der Waals surface area contributed by atoms with Crippen LogP contribution in [0.5, 0.6) is 0 Å². The van der Waals surface area contributed by atoms with Gasteiger partial charge < -0.3 is 4.74 Å². The molecule has 0 amide bonds. The fourth-order valence-electron chi connectivity index (χ4n) is 1.03.